The van der Waals surface area contributed by atoms with E-state index in [1.165, 1.54) is 44.9 Å². The van der Waals surface area contributed by atoms with Gasteiger partial charge in [-0.1, -0.05) is 133 Å². The maximum absolute atomic E-state index is 13.0. The average Bonchev–Trinajstić information content (AvgIpc) is 3.22. The fourth-order valence-corrected chi connectivity index (χ4v) is 6.95. The van der Waals surface area contributed by atoms with Crippen molar-refractivity contribution >= 4 is 5.91 Å². The molecule has 2 heterocycles. The lowest BCUT2D eigenvalue weighted by Gasteiger charge is -2.46. The predicted octanol–water partition coefficient (Wildman–Crippen LogP) is 3.76. The van der Waals surface area contributed by atoms with Crippen molar-refractivity contribution in [1.82, 2.24) is 5.32 Å². The lowest BCUT2D eigenvalue weighted by Crippen LogP contribution is -2.65. The third-order valence-electron chi connectivity index (χ3n) is 10.6. The fourth-order valence-electron chi connectivity index (χ4n) is 6.95. The van der Waals surface area contributed by atoms with E-state index in [0.717, 1.165) is 51.4 Å². The molecule has 12 unspecified atom stereocenters. The van der Waals surface area contributed by atoms with Crippen LogP contribution in [0.15, 0.2) is 48.6 Å². The van der Waals surface area contributed by atoms with Crippen LogP contribution < -0.4 is 5.32 Å². The van der Waals surface area contributed by atoms with Gasteiger partial charge < -0.3 is 65.1 Å². The van der Waals surface area contributed by atoms with Crippen molar-refractivity contribution in [3.8, 4) is 0 Å². The van der Waals surface area contributed by atoms with Gasteiger partial charge in [0.25, 0.3) is 0 Å². The van der Waals surface area contributed by atoms with Gasteiger partial charge in [0.2, 0.25) is 5.91 Å². The number of aliphatic hydroxyl groups is 8. The van der Waals surface area contributed by atoms with Crippen LogP contribution in [0.3, 0.4) is 0 Å². The molecule has 2 rings (SSSR count). The van der Waals surface area contributed by atoms with Crippen molar-refractivity contribution in [3.63, 3.8) is 0 Å². The number of unbranched alkanes of at least 4 members (excludes halogenated alkanes) is 10. The van der Waals surface area contributed by atoms with Crippen LogP contribution in [0.1, 0.15) is 129 Å². The van der Waals surface area contributed by atoms with Crippen LogP contribution in [0.2, 0.25) is 0 Å². The third-order valence-corrected chi connectivity index (χ3v) is 10.6. The molecule has 14 nitrogen and oxygen atoms in total. The topological polar surface area (TPSA) is 228 Å². The van der Waals surface area contributed by atoms with Gasteiger partial charge in [0, 0.05) is 6.42 Å². The number of carbonyl (C=O) groups is 1. The third kappa shape index (κ3) is 20.0. The standard InChI is InChI=1S/C44H77NO13/c1-3-5-7-9-11-13-15-16-18-20-22-24-26-28-36(49)45-32(33(48)27-25-23-21-19-17-14-12-10-8-6-4-2)31-55-43-41(54)39(52)42(35(30-47)57-43)58-44-40(53)38(51)37(50)34(29-46)56-44/h5,7,11,13,16,18,22,24,32-35,37-44,46-48,50-54H,3-4,6,8-10,12,14-15,17,19-21,23,25-31H2,1-2H3,(H,45,49)/b7-5-,13-11-,18-16-,24-22-. The van der Waals surface area contributed by atoms with Gasteiger partial charge in [-0.15, -0.1) is 0 Å². The van der Waals surface area contributed by atoms with Crippen molar-refractivity contribution < 1.29 is 64.6 Å². The zero-order valence-corrected chi connectivity index (χ0v) is 35.0. The number of amides is 1. The van der Waals surface area contributed by atoms with E-state index in [0.29, 0.717) is 12.8 Å². The van der Waals surface area contributed by atoms with Gasteiger partial charge in [0.15, 0.2) is 12.6 Å². The number of rotatable bonds is 31. The lowest BCUT2D eigenvalue weighted by molar-refractivity contribution is -0.359. The highest BCUT2D eigenvalue weighted by atomic mass is 16.7. The molecular formula is C44H77NO13. The Labute approximate surface area is 346 Å². The summed E-state index contributed by atoms with van der Waals surface area (Å²) in [5.41, 5.74) is 0. The highest BCUT2D eigenvalue weighted by molar-refractivity contribution is 5.76. The first-order valence-electron chi connectivity index (χ1n) is 21.9. The number of hydrogen-bond donors (Lipinski definition) is 9. The summed E-state index contributed by atoms with van der Waals surface area (Å²) >= 11 is 0. The van der Waals surface area contributed by atoms with Gasteiger partial charge in [-0.2, -0.15) is 0 Å². The summed E-state index contributed by atoms with van der Waals surface area (Å²) < 4.78 is 22.6. The van der Waals surface area contributed by atoms with E-state index in [9.17, 15) is 45.6 Å². The molecule has 2 saturated heterocycles. The summed E-state index contributed by atoms with van der Waals surface area (Å²) in [6.45, 7) is 2.63. The second-order valence-corrected chi connectivity index (χ2v) is 15.4. The van der Waals surface area contributed by atoms with Gasteiger partial charge in [0.1, 0.15) is 48.8 Å². The number of hydrogen-bond acceptors (Lipinski definition) is 13. The molecule has 1 amide bonds. The van der Waals surface area contributed by atoms with Crippen LogP contribution in [-0.2, 0) is 23.7 Å². The molecule has 0 aromatic carbocycles. The van der Waals surface area contributed by atoms with Crippen LogP contribution in [0.4, 0.5) is 0 Å². The van der Waals surface area contributed by atoms with Gasteiger partial charge in [-0.05, 0) is 38.5 Å². The summed E-state index contributed by atoms with van der Waals surface area (Å²) in [5, 5.41) is 86.4. The number of carbonyl (C=O) groups excluding carboxylic acids is 1. The summed E-state index contributed by atoms with van der Waals surface area (Å²) in [7, 11) is 0. The molecule has 0 aromatic rings. The Morgan fingerprint density at radius 3 is 1.72 bits per heavy atom. The van der Waals surface area contributed by atoms with E-state index in [4.69, 9.17) is 18.9 Å². The molecule has 58 heavy (non-hydrogen) atoms. The van der Waals surface area contributed by atoms with Gasteiger partial charge in [-0.3, -0.25) is 4.79 Å². The van der Waals surface area contributed by atoms with Gasteiger partial charge in [-0.25, -0.2) is 0 Å². The molecule has 0 aliphatic carbocycles. The molecular weight excluding hydrogens is 750 g/mol. The number of aliphatic hydroxyl groups excluding tert-OH is 8. The Morgan fingerprint density at radius 2 is 1.16 bits per heavy atom. The second-order valence-electron chi connectivity index (χ2n) is 15.4. The van der Waals surface area contributed by atoms with Gasteiger partial charge in [0.05, 0.1) is 32.0 Å². The van der Waals surface area contributed by atoms with Crippen molar-refractivity contribution in [2.75, 3.05) is 19.8 Å². The Bertz CT molecular complexity index is 1160. The maximum Gasteiger partial charge on any atom is 0.220 e. The maximum atomic E-state index is 13.0. The van der Waals surface area contributed by atoms with Crippen LogP contribution in [0.5, 0.6) is 0 Å². The first-order chi connectivity index (χ1) is 28.1. The van der Waals surface area contributed by atoms with Gasteiger partial charge >= 0.3 is 0 Å². The van der Waals surface area contributed by atoms with Crippen molar-refractivity contribution in [2.24, 2.45) is 0 Å². The average molecular weight is 828 g/mol. The molecule has 0 spiro atoms. The normalized spacial score (nSPS) is 29.3. The zero-order chi connectivity index (χ0) is 42.5. The molecule has 336 valence electrons. The molecule has 2 fully saturated rings. The summed E-state index contributed by atoms with van der Waals surface area (Å²) in [5.74, 6) is -0.291. The van der Waals surface area contributed by atoms with Crippen molar-refractivity contribution in [1.29, 1.82) is 0 Å². The summed E-state index contributed by atoms with van der Waals surface area (Å²) in [6, 6.07) is -0.864. The first kappa shape index (κ1) is 52.1. The summed E-state index contributed by atoms with van der Waals surface area (Å²) in [4.78, 5) is 13.0. The van der Waals surface area contributed by atoms with E-state index in [1.54, 1.807) is 0 Å². The highest BCUT2D eigenvalue weighted by Crippen LogP contribution is 2.30. The second kappa shape index (κ2) is 31.8. The molecule has 12 atom stereocenters. The van der Waals surface area contributed by atoms with Crippen molar-refractivity contribution in [2.45, 2.75) is 203 Å². The smallest absolute Gasteiger partial charge is 0.220 e. The van der Waals surface area contributed by atoms with Crippen LogP contribution in [0, 0.1) is 0 Å². The zero-order valence-electron chi connectivity index (χ0n) is 35.0. The Balaban J connectivity index is 1.94. The summed E-state index contributed by atoms with van der Waals surface area (Å²) in [6.07, 6.45) is 17.2. The molecule has 14 heteroatoms. The van der Waals surface area contributed by atoms with E-state index < -0.39 is 86.8 Å². The molecule has 0 radical (unpaired) electrons. The van der Waals surface area contributed by atoms with E-state index >= 15 is 0 Å². The predicted molar refractivity (Wildman–Crippen MR) is 221 cm³/mol. The van der Waals surface area contributed by atoms with Crippen LogP contribution >= 0.6 is 0 Å². The van der Waals surface area contributed by atoms with Crippen LogP contribution in [-0.4, -0.2) is 140 Å². The van der Waals surface area contributed by atoms with Crippen LogP contribution in [0.25, 0.3) is 0 Å². The molecule has 2 aliphatic rings. The molecule has 0 saturated carbocycles. The number of nitrogens with one attached hydrogen (secondary N) is 1. The quantitative estimate of drug-likeness (QED) is 0.0359. The van der Waals surface area contributed by atoms with E-state index in [2.05, 4.69) is 55.6 Å². The first-order valence-corrected chi connectivity index (χ1v) is 21.9. The minimum atomic E-state index is -1.79. The molecule has 0 aromatic heterocycles. The van der Waals surface area contributed by atoms with E-state index in [1.807, 2.05) is 12.2 Å². The molecule has 9 N–H and O–H groups in total. The van der Waals surface area contributed by atoms with E-state index in [-0.39, 0.29) is 18.9 Å². The molecule has 0 bridgehead atoms. The minimum Gasteiger partial charge on any atom is -0.394 e. The Hall–Kier alpha value is -2.05. The highest BCUT2D eigenvalue weighted by Gasteiger charge is 2.50. The monoisotopic (exact) mass is 828 g/mol. The lowest BCUT2D eigenvalue weighted by atomic mass is 9.97. The SMILES string of the molecule is CC/C=C\C/C=C\C/C=C\C/C=C\CCC(=O)NC(COC1OC(CO)C(OC2OC(CO)C(O)C(O)C2O)C(O)C1O)C(O)CCCCCCCCCCCCC. The minimum absolute atomic E-state index is 0.181. The Kier molecular flexibility index (Phi) is 28.5. The molecule has 2 aliphatic heterocycles. The van der Waals surface area contributed by atoms with Crippen molar-refractivity contribution in [3.05, 3.63) is 48.6 Å². The Morgan fingerprint density at radius 1 is 0.638 bits per heavy atom. The fraction of sp³-hybridized carbons (Fsp3) is 0.795. The number of allylic oxidation sites excluding steroid dienone is 8. The number of ether oxygens (including phenoxy) is 4. The largest absolute Gasteiger partial charge is 0.394 e.